The van der Waals surface area contributed by atoms with E-state index < -0.39 is 0 Å². The molecule has 0 saturated carbocycles. The summed E-state index contributed by atoms with van der Waals surface area (Å²) in [6.45, 7) is 3.18. The second-order valence-corrected chi connectivity index (χ2v) is 4.96. The zero-order chi connectivity index (χ0) is 12.8. The molecule has 1 aliphatic rings. The average Bonchev–Trinajstić information content (AvgIpc) is 2.39. The fraction of sp³-hybridized carbons (Fsp3) is 0.500. The van der Waals surface area contributed by atoms with Gasteiger partial charge >= 0.3 is 0 Å². The summed E-state index contributed by atoms with van der Waals surface area (Å²) in [4.78, 5) is 6.80. The number of halogens is 1. The fourth-order valence-electron chi connectivity index (χ4n) is 2.18. The number of nitrogens with zero attached hydrogens (tertiary/aromatic N) is 2. The summed E-state index contributed by atoms with van der Waals surface area (Å²) in [6, 6.07) is 9.91. The Bertz CT molecular complexity index is 386. The zero-order valence-corrected chi connectivity index (χ0v) is 13.7. The van der Waals surface area contributed by atoms with E-state index in [-0.39, 0.29) is 24.0 Å². The number of para-hydroxylation sites is 1. The molecule has 2 rings (SSSR count). The number of hydrogen-bond donors (Lipinski definition) is 2. The number of rotatable bonds is 3. The maximum Gasteiger partial charge on any atom is 0.193 e. The van der Waals surface area contributed by atoms with Gasteiger partial charge in [0.1, 0.15) is 0 Å². The van der Waals surface area contributed by atoms with Crippen LogP contribution in [0.3, 0.4) is 0 Å². The van der Waals surface area contributed by atoms with Crippen LogP contribution in [0.1, 0.15) is 12.8 Å². The van der Waals surface area contributed by atoms with Gasteiger partial charge in [-0.05, 0) is 51.0 Å². The Morgan fingerprint density at radius 2 is 1.95 bits per heavy atom. The van der Waals surface area contributed by atoms with Crippen LogP contribution in [-0.2, 0) is 0 Å². The van der Waals surface area contributed by atoms with E-state index in [0.29, 0.717) is 11.9 Å². The van der Waals surface area contributed by atoms with Gasteiger partial charge in [0.2, 0.25) is 0 Å². The van der Waals surface area contributed by atoms with Gasteiger partial charge < -0.3 is 16.0 Å². The van der Waals surface area contributed by atoms with E-state index in [2.05, 4.69) is 22.3 Å². The summed E-state index contributed by atoms with van der Waals surface area (Å²) in [5, 5.41) is 3.11. The van der Waals surface area contributed by atoms with E-state index >= 15 is 0 Å². The lowest BCUT2D eigenvalue weighted by Gasteiger charge is -2.27. The number of aliphatic imine (C=N–C) groups is 1. The van der Waals surface area contributed by atoms with Gasteiger partial charge in [0.15, 0.2) is 5.96 Å². The van der Waals surface area contributed by atoms with Crippen LogP contribution in [0.5, 0.6) is 0 Å². The molecule has 0 unspecified atom stereocenters. The topological polar surface area (TPSA) is 53.6 Å². The van der Waals surface area contributed by atoms with Crippen LogP contribution < -0.4 is 11.1 Å². The molecule has 1 aliphatic heterocycles. The van der Waals surface area contributed by atoms with Gasteiger partial charge in [-0.25, -0.2) is 0 Å². The van der Waals surface area contributed by atoms with Crippen molar-refractivity contribution in [3.63, 3.8) is 0 Å². The van der Waals surface area contributed by atoms with Crippen LogP contribution in [0, 0.1) is 5.92 Å². The maximum atomic E-state index is 5.88. The summed E-state index contributed by atoms with van der Waals surface area (Å²) < 4.78 is 0. The third kappa shape index (κ3) is 5.78. The third-order valence-corrected chi connectivity index (χ3v) is 3.40. The van der Waals surface area contributed by atoms with Crippen molar-refractivity contribution in [2.24, 2.45) is 16.6 Å². The minimum absolute atomic E-state index is 0. The molecule has 1 heterocycles. The number of likely N-dealkylation sites (tertiary alicyclic amines) is 1. The van der Waals surface area contributed by atoms with Gasteiger partial charge in [0, 0.05) is 12.2 Å². The molecule has 1 aromatic carbocycles. The predicted molar refractivity (Wildman–Crippen MR) is 92.2 cm³/mol. The molecule has 5 heteroatoms. The second kappa shape index (κ2) is 8.37. The molecule has 0 aromatic heterocycles. The van der Waals surface area contributed by atoms with Crippen molar-refractivity contribution in [2.45, 2.75) is 12.8 Å². The van der Waals surface area contributed by atoms with Crippen LogP contribution in [0.2, 0.25) is 0 Å². The quantitative estimate of drug-likeness (QED) is 0.485. The number of benzene rings is 1. The van der Waals surface area contributed by atoms with E-state index in [9.17, 15) is 0 Å². The lowest BCUT2D eigenvalue weighted by atomic mass is 9.97. The smallest absolute Gasteiger partial charge is 0.193 e. The number of nitrogens with two attached hydrogens (primary N) is 1. The largest absolute Gasteiger partial charge is 0.370 e. The van der Waals surface area contributed by atoms with Crippen molar-refractivity contribution in [3.8, 4) is 0 Å². The number of guanidine groups is 1. The zero-order valence-electron chi connectivity index (χ0n) is 11.4. The minimum Gasteiger partial charge on any atom is -0.370 e. The van der Waals surface area contributed by atoms with Crippen molar-refractivity contribution >= 4 is 35.6 Å². The molecule has 0 radical (unpaired) electrons. The van der Waals surface area contributed by atoms with Gasteiger partial charge in [-0.3, -0.25) is 4.99 Å². The molecule has 1 aromatic rings. The van der Waals surface area contributed by atoms with Crippen LogP contribution in [0.25, 0.3) is 0 Å². The maximum absolute atomic E-state index is 5.88. The van der Waals surface area contributed by atoms with E-state index in [1.807, 2.05) is 30.3 Å². The van der Waals surface area contributed by atoms with E-state index in [4.69, 9.17) is 5.73 Å². The first-order chi connectivity index (χ1) is 8.74. The average molecular weight is 374 g/mol. The number of anilines is 1. The monoisotopic (exact) mass is 374 g/mol. The highest BCUT2D eigenvalue weighted by Crippen LogP contribution is 2.16. The van der Waals surface area contributed by atoms with E-state index in [0.717, 1.165) is 12.2 Å². The van der Waals surface area contributed by atoms with Gasteiger partial charge in [0.25, 0.3) is 0 Å². The van der Waals surface area contributed by atoms with Gasteiger partial charge in [-0.1, -0.05) is 18.2 Å². The first-order valence-corrected chi connectivity index (χ1v) is 6.54. The standard InChI is InChI=1S/C14H22N4.HI/c1-18-9-7-12(8-10-18)11-16-14(15)17-13-5-3-2-4-6-13;/h2-6,12H,7-11H2,1H3,(H3,15,16,17);1H. The number of piperidine rings is 1. The SMILES string of the molecule is CN1CCC(CN=C(N)Nc2ccccc2)CC1.I. The minimum atomic E-state index is 0. The van der Waals surface area contributed by atoms with Crippen LogP contribution >= 0.6 is 24.0 Å². The molecule has 0 bridgehead atoms. The molecule has 3 N–H and O–H groups in total. The summed E-state index contributed by atoms with van der Waals surface area (Å²) in [7, 11) is 2.17. The predicted octanol–water partition coefficient (Wildman–Crippen LogP) is 2.37. The van der Waals surface area contributed by atoms with Crippen molar-refractivity contribution in [2.75, 3.05) is 32.0 Å². The second-order valence-electron chi connectivity index (χ2n) is 4.96. The molecule has 1 saturated heterocycles. The Morgan fingerprint density at radius 1 is 1.32 bits per heavy atom. The number of nitrogens with one attached hydrogen (secondary N) is 1. The Hall–Kier alpha value is -0.820. The van der Waals surface area contributed by atoms with Crippen molar-refractivity contribution < 1.29 is 0 Å². The molecule has 106 valence electrons. The lowest BCUT2D eigenvalue weighted by Crippen LogP contribution is -2.32. The Balaban J connectivity index is 0.00000180. The van der Waals surface area contributed by atoms with Crippen LogP contribution in [-0.4, -0.2) is 37.5 Å². The van der Waals surface area contributed by atoms with E-state index in [1.54, 1.807) is 0 Å². The normalized spacial score (nSPS) is 17.8. The molecule has 4 nitrogen and oxygen atoms in total. The highest BCUT2D eigenvalue weighted by atomic mass is 127. The van der Waals surface area contributed by atoms with Gasteiger partial charge in [-0.15, -0.1) is 24.0 Å². The van der Waals surface area contributed by atoms with Gasteiger partial charge in [0.05, 0.1) is 0 Å². The molecule has 0 spiro atoms. The van der Waals surface area contributed by atoms with Crippen LogP contribution in [0.4, 0.5) is 5.69 Å². The fourth-order valence-corrected chi connectivity index (χ4v) is 2.18. The molecule has 19 heavy (non-hydrogen) atoms. The summed E-state index contributed by atoms with van der Waals surface area (Å²) in [5.41, 5.74) is 6.87. The first-order valence-electron chi connectivity index (χ1n) is 6.54. The molecular formula is C14H23IN4. The Kier molecular flexibility index (Phi) is 7.15. The number of hydrogen-bond acceptors (Lipinski definition) is 2. The van der Waals surface area contributed by atoms with E-state index in [1.165, 1.54) is 25.9 Å². The van der Waals surface area contributed by atoms with Crippen molar-refractivity contribution in [1.82, 2.24) is 4.90 Å². The Labute approximate surface area is 132 Å². The van der Waals surface area contributed by atoms with Crippen LogP contribution in [0.15, 0.2) is 35.3 Å². The molecule has 0 amide bonds. The third-order valence-electron chi connectivity index (χ3n) is 3.40. The lowest BCUT2D eigenvalue weighted by molar-refractivity contribution is 0.224. The first kappa shape index (κ1) is 16.2. The van der Waals surface area contributed by atoms with Crippen molar-refractivity contribution in [3.05, 3.63) is 30.3 Å². The summed E-state index contributed by atoms with van der Waals surface area (Å²) in [6.07, 6.45) is 2.44. The molecule has 1 fully saturated rings. The summed E-state index contributed by atoms with van der Waals surface area (Å²) in [5.74, 6) is 1.19. The molecule has 0 aliphatic carbocycles. The van der Waals surface area contributed by atoms with Gasteiger partial charge in [-0.2, -0.15) is 0 Å². The molecular weight excluding hydrogens is 351 g/mol. The highest BCUT2D eigenvalue weighted by molar-refractivity contribution is 14.0. The Morgan fingerprint density at radius 3 is 2.58 bits per heavy atom. The molecule has 0 atom stereocenters. The van der Waals surface area contributed by atoms with Crippen molar-refractivity contribution in [1.29, 1.82) is 0 Å². The highest BCUT2D eigenvalue weighted by Gasteiger charge is 2.15. The summed E-state index contributed by atoms with van der Waals surface area (Å²) >= 11 is 0.